The van der Waals surface area contributed by atoms with Crippen LogP contribution in [0, 0.1) is 17.1 Å². The van der Waals surface area contributed by atoms with Crippen molar-refractivity contribution in [3.63, 3.8) is 0 Å². The minimum Gasteiger partial charge on any atom is -0.363 e. The summed E-state index contributed by atoms with van der Waals surface area (Å²) in [6.07, 6.45) is -3.94. The maximum absolute atomic E-state index is 15.6. The Kier molecular flexibility index (Phi) is 11.0. The van der Waals surface area contributed by atoms with Crippen LogP contribution in [-0.2, 0) is 20.8 Å². The van der Waals surface area contributed by atoms with Crippen LogP contribution in [-0.4, -0.2) is 45.9 Å². The van der Waals surface area contributed by atoms with Gasteiger partial charge in [0.1, 0.15) is 5.82 Å². The van der Waals surface area contributed by atoms with Gasteiger partial charge in [0, 0.05) is 18.0 Å². The molecule has 0 saturated carbocycles. The number of benzene rings is 3. The van der Waals surface area contributed by atoms with Gasteiger partial charge in [-0.05, 0) is 66.4 Å². The fourth-order valence-electron chi connectivity index (χ4n) is 5.44. The summed E-state index contributed by atoms with van der Waals surface area (Å²) < 4.78 is 109. The van der Waals surface area contributed by atoms with Crippen molar-refractivity contribution in [1.82, 2.24) is 5.32 Å². The summed E-state index contributed by atoms with van der Waals surface area (Å²) in [6, 6.07) is 14.4. The largest absolute Gasteiger partial charge is 0.416 e. The van der Waals surface area contributed by atoms with E-state index in [4.69, 9.17) is 0 Å². The predicted molar refractivity (Wildman–Crippen MR) is 158 cm³/mol. The summed E-state index contributed by atoms with van der Waals surface area (Å²) in [4.78, 5) is 14.7. The van der Waals surface area contributed by atoms with Crippen LogP contribution in [0.4, 0.5) is 32.0 Å². The molecule has 1 saturated heterocycles. The highest BCUT2D eigenvalue weighted by Crippen LogP contribution is 2.37. The Morgan fingerprint density at radius 2 is 1.74 bits per heavy atom. The van der Waals surface area contributed by atoms with Crippen LogP contribution in [0.15, 0.2) is 71.6 Å². The van der Waals surface area contributed by atoms with Crippen molar-refractivity contribution in [2.45, 2.75) is 61.9 Å². The number of piperidine rings is 1. The number of amides is 1. The minimum atomic E-state index is -4.51. The average Bonchev–Trinajstić information content (AvgIpc) is 3.03. The SMILES string of the molecule is CCS(=O)(=O)c1ccc(C(CC#N)NC(=O)c2ccc(N3C[C@@H](c4ccc(C(F)(F)F)cc4)CC[C@H]3COC(F)F)c(F)c2)cc1. The molecule has 7 nitrogen and oxygen atoms in total. The minimum absolute atomic E-state index is 0.00248. The molecular formula is C32H31F6N3O4S. The van der Waals surface area contributed by atoms with Gasteiger partial charge in [-0.3, -0.25) is 4.79 Å². The molecular weight excluding hydrogens is 636 g/mol. The number of carbonyl (C=O) groups is 1. The fourth-order valence-corrected chi connectivity index (χ4v) is 6.32. The van der Waals surface area contributed by atoms with Gasteiger partial charge in [0.05, 0.1) is 53.1 Å². The molecule has 3 aromatic carbocycles. The van der Waals surface area contributed by atoms with Gasteiger partial charge in [0.25, 0.3) is 5.91 Å². The Morgan fingerprint density at radius 3 is 2.30 bits per heavy atom. The number of hydrogen-bond donors (Lipinski definition) is 1. The summed E-state index contributed by atoms with van der Waals surface area (Å²) >= 11 is 0. The van der Waals surface area contributed by atoms with E-state index in [1.54, 1.807) is 0 Å². The van der Waals surface area contributed by atoms with E-state index < -0.39 is 58.6 Å². The van der Waals surface area contributed by atoms with E-state index in [0.29, 0.717) is 17.5 Å². The summed E-state index contributed by atoms with van der Waals surface area (Å²) in [7, 11) is -3.46. The second-order valence-corrected chi connectivity index (χ2v) is 13.1. The third kappa shape index (κ3) is 8.38. The van der Waals surface area contributed by atoms with Gasteiger partial charge in [-0.15, -0.1) is 0 Å². The lowest BCUT2D eigenvalue weighted by Crippen LogP contribution is -2.46. The number of anilines is 1. The molecule has 0 bridgehead atoms. The molecule has 1 amide bonds. The predicted octanol–water partition coefficient (Wildman–Crippen LogP) is 7.01. The number of ether oxygens (including phenoxy) is 1. The average molecular weight is 668 g/mol. The van der Waals surface area contributed by atoms with Gasteiger partial charge in [0.2, 0.25) is 0 Å². The lowest BCUT2D eigenvalue weighted by Gasteiger charge is -2.41. The molecule has 0 aromatic heterocycles. The first kappa shape index (κ1) is 34.8. The molecule has 1 aliphatic heterocycles. The lowest BCUT2D eigenvalue weighted by atomic mass is 9.86. The van der Waals surface area contributed by atoms with Gasteiger partial charge in [-0.1, -0.05) is 31.2 Å². The Bertz CT molecular complexity index is 1660. The Morgan fingerprint density at radius 1 is 1.07 bits per heavy atom. The molecule has 246 valence electrons. The molecule has 1 N–H and O–H groups in total. The normalized spacial score (nSPS) is 17.8. The quantitative estimate of drug-likeness (QED) is 0.221. The number of nitriles is 1. The molecule has 46 heavy (non-hydrogen) atoms. The molecule has 3 atom stereocenters. The maximum Gasteiger partial charge on any atom is 0.416 e. The van der Waals surface area contributed by atoms with Crippen LogP contribution in [0.1, 0.15) is 65.2 Å². The number of sulfone groups is 1. The van der Waals surface area contributed by atoms with E-state index >= 15 is 4.39 Å². The zero-order valence-corrected chi connectivity index (χ0v) is 25.4. The van der Waals surface area contributed by atoms with Crippen molar-refractivity contribution in [2.75, 3.05) is 23.8 Å². The molecule has 14 heteroatoms. The van der Waals surface area contributed by atoms with E-state index in [1.807, 2.05) is 6.07 Å². The van der Waals surface area contributed by atoms with Crippen molar-refractivity contribution >= 4 is 21.4 Å². The van der Waals surface area contributed by atoms with Gasteiger partial charge >= 0.3 is 12.8 Å². The molecule has 1 unspecified atom stereocenters. The summed E-state index contributed by atoms with van der Waals surface area (Å²) in [5, 5.41) is 12.0. The van der Waals surface area contributed by atoms with Crippen molar-refractivity contribution in [1.29, 1.82) is 5.26 Å². The molecule has 1 heterocycles. The summed E-state index contributed by atoms with van der Waals surface area (Å²) in [6.45, 7) is -1.88. The number of rotatable bonds is 11. The third-order valence-corrected chi connectivity index (χ3v) is 9.72. The van der Waals surface area contributed by atoms with E-state index in [0.717, 1.165) is 18.2 Å². The molecule has 3 aromatic rings. The van der Waals surface area contributed by atoms with Gasteiger partial charge < -0.3 is 15.0 Å². The number of hydrogen-bond acceptors (Lipinski definition) is 6. The smallest absolute Gasteiger partial charge is 0.363 e. The number of alkyl halides is 5. The van der Waals surface area contributed by atoms with Crippen LogP contribution in [0.2, 0.25) is 0 Å². The van der Waals surface area contributed by atoms with Crippen LogP contribution in [0.25, 0.3) is 0 Å². The van der Waals surface area contributed by atoms with Crippen molar-refractivity contribution in [3.8, 4) is 6.07 Å². The molecule has 0 aliphatic carbocycles. The van der Waals surface area contributed by atoms with E-state index in [1.165, 1.54) is 60.4 Å². The van der Waals surface area contributed by atoms with Gasteiger partial charge in [-0.2, -0.15) is 27.2 Å². The van der Waals surface area contributed by atoms with Gasteiger partial charge in [-0.25, -0.2) is 12.8 Å². The van der Waals surface area contributed by atoms with Crippen LogP contribution < -0.4 is 10.2 Å². The van der Waals surface area contributed by atoms with Crippen molar-refractivity contribution < 1.29 is 44.3 Å². The van der Waals surface area contributed by atoms with Gasteiger partial charge in [0.15, 0.2) is 9.84 Å². The topological polar surface area (TPSA) is 99.5 Å². The van der Waals surface area contributed by atoms with E-state index in [2.05, 4.69) is 10.1 Å². The zero-order chi connectivity index (χ0) is 33.6. The first-order valence-electron chi connectivity index (χ1n) is 14.4. The van der Waals surface area contributed by atoms with Crippen LogP contribution in [0.5, 0.6) is 0 Å². The highest BCUT2D eigenvalue weighted by atomic mass is 32.2. The summed E-state index contributed by atoms with van der Waals surface area (Å²) in [5.74, 6) is -1.99. The van der Waals surface area contributed by atoms with Crippen LogP contribution >= 0.6 is 0 Å². The third-order valence-electron chi connectivity index (χ3n) is 7.97. The first-order valence-corrected chi connectivity index (χ1v) is 16.0. The van der Waals surface area contributed by atoms with E-state index in [-0.39, 0.29) is 47.2 Å². The Labute approximate surface area is 262 Å². The Hall–Kier alpha value is -4.09. The molecule has 0 radical (unpaired) electrons. The lowest BCUT2D eigenvalue weighted by molar-refractivity contribution is -0.137. The highest BCUT2D eigenvalue weighted by Gasteiger charge is 2.34. The monoisotopic (exact) mass is 667 g/mol. The second-order valence-electron chi connectivity index (χ2n) is 10.8. The maximum atomic E-state index is 15.6. The first-order chi connectivity index (χ1) is 21.7. The number of nitrogens with zero attached hydrogens (tertiary/aromatic N) is 2. The van der Waals surface area contributed by atoms with Crippen LogP contribution in [0.3, 0.4) is 0 Å². The number of halogens is 6. The van der Waals surface area contributed by atoms with E-state index in [9.17, 15) is 40.4 Å². The zero-order valence-electron chi connectivity index (χ0n) is 24.6. The molecule has 4 rings (SSSR count). The second kappa shape index (κ2) is 14.6. The number of nitrogens with one attached hydrogen (secondary N) is 1. The van der Waals surface area contributed by atoms with Crippen molar-refractivity contribution in [3.05, 3.63) is 94.8 Å². The van der Waals surface area contributed by atoms with Crippen molar-refractivity contribution in [2.24, 2.45) is 0 Å². The Balaban J connectivity index is 1.55. The fraction of sp³-hybridized carbons (Fsp3) is 0.375. The molecule has 1 fully saturated rings. The molecule has 0 spiro atoms. The molecule has 1 aliphatic rings. The standard InChI is InChI=1S/C32H31F6N3O4S/c1-2-46(43,44)26-12-6-21(7-13-26)28(15-16-39)40-30(42)22-8-14-29(27(33)17-22)41-18-23(5-11-25(41)19-45-31(34)35)20-3-9-24(10-4-20)32(36,37)38/h3-4,6-10,12-14,17,23,25,28,31H,2,5,11,15,18-19H2,1H3,(H,40,42)/t23-,25-,28?/m0/s1. The summed E-state index contributed by atoms with van der Waals surface area (Å²) in [5.41, 5.74) is 0.131. The highest BCUT2D eigenvalue weighted by molar-refractivity contribution is 7.91. The number of carbonyl (C=O) groups excluding carboxylic acids is 1.